The predicted octanol–water partition coefficient (Wildman–Crippen LogP) is -0.578. The van der Waals surface area contributed by atoms with Crippen molar-refractivity contribution in [2.45, 2.75) is 12.1 Å². The van der Waals surface area contributed by atoms with E-state index in [4.69, 9.17) is 22.6 Å². The van der Waals surface area contributed by atoms with Crippen LogP contribution in [-0.4, -0.2) is 11.5 Å². The molecule has 0 spiro atoms. The number of allylic oxidation sites excluding steroid dienone is 2. The zero-order valence-corrected chi connectivity index (χ0v) is 6.17. The van der Waals surface area contributed by atoms with Gasteiger partial charge in [0.1, 0.15) is 5.84 Å². The fraction of sp³-hybridized carbons (Fsp3) is 0.286. The van der Waals surface area contributed by atoms with Gasteiger partial charge in [0.25, 0.3) is 0 Å². The van der Waals surface area contributed by atoms with Gasteiger partial charge in [0.2, 0.25) is 0 Å². The average molecular weight is 152 g/mol. The molecule has 0 saturated heterocycles. The van der Waals surface area contributed by atoms with Gasteiger partial charge in [-0.15, -0.1) is 0 Å². The molecule has 0 atom stereocenters. The molecule has 0 radical (unpaired) electrons. The summed E-state index contributed by atoms with van der Waals surface area (Å²) in [7, 11) is 0. The first-order valence-corrected chi connectivity index (χ1v) is 3.32. The van der Waals surface area contributed by atoms with Crippen LogP contribution in [0.1, 0.15) is 6.42 Å². The van der Waals surface area contributed by atoms with Crippen molar-refractivity contribution in [2.75, 3.05) is 0 Å². The van der Waals surface area contributed by atoms with E-state index in [0.717, 1.165) is 0 Å². The minimum absolute atomic E-state index is 0.0367. The molecule has 0 aromatic carbocycles. The van der Waals surface area contributed by atoms with E-state index < -0.39 is 5.66 Å². The van der Waals surface area contributed by atoms with Crippen LogP contribution in [0.2, 0.25) is 0 Å². The quantitative estimate of drug-likeness (QED) is 0.230. The molecule has 4 nitrogen and oxygen atoms in total. The van der Waals surface area contributed by atoms with Crippen LogP contribution in [0.15, 0.2) is 23.8 Å². The van der Waals surface area contributed by atoms with E-state index in [0.29, 0.717) is 12.0 Å². The van der Waals surface area contributed by atoms with Crippen LogP contribution in [-0.2, 0) is 0 Å². The lowest BCUT2D eigenvalue weighted by Gasteiger charge is -2.24. The van der Waals surface area contributed by atoms with E-state index in [1.165, 1.54) is 0 Å². The van der Waals surface area contributed by atoms with Crippen LogP contribution >= 0.6 is 0 Å². The van der Waals surface area contributed by atoms with Crippen molar-refractivity contribution in [2.24, 2.45) is 17.2 Å². The molecule has 7 N–H and O–H groups in total. The Bertz CT molecular complexity index is 237. The first-order valence-electron chi connectivity index (χ1n) is 3.32. The second-order valence-electron chi connectivity index (χ2n) is 2.75. The smallest absolute Gasteiger partial charge is 0.118 e. The minimum Gasteiger partial charge on any atom is -0.384 e. The highest BCUT2D eigenvalue weighted by atomic mass is 14.9. The molecule has 0 saturated carbocycles. The van der Waals surface area contributed by atoms with Gasteiger partial charge in [0.15, 0.2) is 0 Å². The first kappa shape index (κ1) is 7.97. The molecule has 11 heavy (non-hydrogen) atoms. The molecule has 0 amide bonds. The predicted molar refractivity (Wildman–Crippen MR) is 44.9 cm³/mol. The lowest BCUT2D eigenvalue weighted by molar-refractivity contribution is 0.549. The van der Waals surface area contributed by atoms with Crippen molar-refractivity contribution in [1.82, 2.24) is 0 Å². The van der Waals surface area contributed by atoms with Gasteiger partial charge in [-0.2, -0.15) is 0 Å². The second-order valence-corrected chi connectivity index (χ2v) is 2.75. The molecule has 1 aliphatic rings. The molecule has 60 valence electrons. The maximum atomic E-state index is 7.13. The zero-order chi connectivity index (χ0) is 8.48. The molecular formula is C7H12N4. The first-order chi connectivity index (χ1) is 5.01. The summed E-state index contributed by atoms with van der Waals surface area (Å²) in [5.41, 5.74) is 16.3. The van der Waals surface area contributed by atoms with E-state index in [2.05, 4.69) is 0 Å². The van der Waals surface area contributed by atoms with E-state index in [-0.39, 0.29) is 5.84 Å². The van der Waals surface area contributed by atoms with Crippen LogP contribution in [0.3, 0.4) is 0 Å². The molecule has 0 heterocycles. The number of rotatable bonds is 1. The van der Waals surface area contributed by atoms with Crippen LogP contribution in [0, 0.1) is 5.41 Å². The SMILES string of the molecule is N=C(N)C1=CC=CC(N)(N)C1. The van der Waals surface area contributed by atoms with Gasteiger partial charge < -0.3 is 17.2 Å². The van der Waals surface area contributed by atoms with E-state index in [1.807, 2.05) is 0 Å². The standard InChI is InChI=1S/C7H12N4/c8-6(9)5-2-1-3-7(10,11)4-5/h1-3H,4,10-11H2,(H3,8,9). The van der Waals surface area contributed by atoms with Crippen molar-refractivity contribution in [3.8, 4) is 0 Å². The Morgan fingerprint density at radius 1 is 1.55 bits per heavy atom. The third-order valence-electron chi connectivity index (χ3n) is 1.55. The van der Waals surface area contributed by atoms with E-state index in [9.17, 15) is 0 Å². The molecule has 1 aliphatic carbocycles. The lowest BCUT2D eigenvalue weighted by atomic mass is 9.95. The Labute approximate surface area is 65.2 Å². The summed E-state index contributed by atoms with van der Waals surface area (Å²) >= 11 is 0. The number of nitrogens with one attached hydrogen (secondary N) is 1. The molecule has 0 aromatic heterocycles. The summed E-state index contributed by atoms with van der Waals surface area (Å²) in [5, 5.41) is 7.13. The molecular weight excluding hydrogens is 140 g/mol. The molecule has 0 unspecified atom stereocenters. The van der Waals surface area contributed by atoms with Gasteiger partial charge >= 0.3 is 0 Å². The largest absolute Gasteiger partial charge is 0.384 e. The topological polar surface area (TPSA) is 102 Å². The Morgan fingerprint density at radius 3 is 2.55 bits per heavy atom. The maximum absolute atomic E-state index is 7.13. The highest BCUT2D eigenvalue weighted by molar-refractivity contribution is 5.95. The van der Waals surface area contributed by atoms with E-state index in [1.54, 1.807) is 18.2 Å². The molecule has 0 fully saturated rings. The lowest BCUT2D eigenvalue weighted by Crippen LogP contribution is -2.49. The van der Waals surface area contributed by atoms with Gasteiger partial charge in [0, 0.05) is 6.42 Å². The summed E-state index contributed by atoms with van der Waals surface area (Å²) in [6.07, 6.45) is 5.60. The number of nitrogens with two attached hydrogens (primary N) is 3. The molecule has 1 rings (SSSR count). The zero-order valence-electron chi connectivity index (χ0n) is 6.17. The normalized spacial score (nSPS) is 21.1. The van der Waals surface area contributed by atoms with E-state index >= 15 is 0 Å². The van der Waals surface area contributed by atoms with Gasteiger partial charge in [-0.25, -0.2) is 0 Å². The van der Waals surface area contributed by atoms with Crippen molar-refractivity contribution in [3.63, 3.8) is 0 Å². The highest BCUT2D eigenvalue weighted by Crippen LogP contribution is 2.15. The van der Waals surface area contributed by atoms with Crippen molar-refractivity contribution in [1.29, 1.82) is 5.41 Å². The molecule has 0 bridgehead atoms. The molecule has 4 heteroatoms. The van der Waals surface area contributed by atoms with Crippen LogP contribution in [0.5, 0.6) is 0 Å². The Kier molecular flexibility index (Phi) is 1.80. The fourth-order valence-corrected chi connectivity index (χ4v) is 0.976. The van der Waals surface area contributed by atoms with Crippen molar-refractivity contribution in [3.05, 3.63) is 23.8 Å². The third-order valence-corrected chi connectivity index (χ3v) is 1.55. The van der Waals surface area contributed by atoms with Crippen molar-refractivity contribution < 1.29 is 0 Å². The van der Waals surface area contributed by atoms with Gasteiger partial charge in [0.05, 0.1) is 5.66 Å². The van der Waals surface area contributed by atoms with Crippen LogP contribution < -0.4 is 17.2 Å². The van der Waals surface area contributed by atoms with Gasteiger partial charge in [-0.1, -0.05) is 18.2 Å². The monoisotopic (exact) mass is 152 g/mol. The van der Waals surface area contributed by atoms with Crippen LogP contribution in [0.25, 0.3) is 0 Å². The number of hydrogen-bond donors (Lipinski definition) is 4. The average Bonchev–Trinajstić information content (AvgIpc) is 1.85. The number of hydrogen-bond acceptors (Lipinski definition) is 3. The fourth-order valence-electron chi connectivity index (χ4n) is 0.976. The molecule has 0 aliphatic heterocycles. The number of amidine groups is 1. The molecule has 0 aromatic rings. The maximum Gasteiger partial charge on any atom is 0.118 e. The van der Waals surface area contributed by atoms with Crippen molar-refractivity contribution >= 4 is 5.84 Å². The van der Waals surface area contributed by atoms with Gasteiger partial charge in [-0.05, 0) is 5.57 Å². The summed E-state index contributed by atoms with van der Waals surface area (Å²) in [6.45, 7) is 0. The van der Waals surface area contributed by atoms with Crippen LogP contribution in [0.4, 0.5) is 0 Å². The second kappa shape index (κ2) is 2.48. The Morgan fingerprint density at radius 2 is 2.18 bits per heavy atom. The summed E-state index contributed by atoms with van der Waals surface area (Å²) in [4.78, 5) is 0. The summed E-state index contributed by atoms with van der Waals surface area (Å²) in [6, 6.07) is 0. The minimum atomic E-state index is -0.838. The Hall–Kier alpha value is -1.13. The highest BCUT2D eigenvalue weighted by Gasteiger charge is 2.20. The summed E-state index contributed by atoms with van der Waals surface area (Å²) in [5.74, 6) is 0.0367. The van der Waals surface area contributed by atoms with Gasteiger partial charge in [-0.3, -0.25) is 5.41 Å². The Balaban J connectivity index is 2.81. The third kappa shape index (κ3) is 1.89. The summed E-state index contributed by atoms with van der Waals surface area (Å²) < 4.78 is 0.